The summed E-state index contributed by atoms with van der Waals surface area (Å²) in [5, 5.41) is 3.42. The molecule has 0 spiro atoms. The number of aryl methyl sites for hydroxylation is 1. The van der Waals surface area contributed by atoms with Crippen LogP contribution >= 0.6 is 15.9 Å². The Morgan fingerprint density at radius 2 is 2.35 bits per heavy atom. The second-order valence-corrected chi connectivity index (χ2v) is 5.85. The summed E-state index contributed by atoms with van der Waals surface area (Å²) < 4.78 is 1.06. The smallest absolute Gasteiger partial charge is 0.126 e. The standard InChI is InChI=1S/C13H20BrN3/c1-9-5-13(17-8-12(9)14)16-7-10-3-2-4-11(15)6-10/h5,8,10-11H,2-4,6-7,15H2,1H3,(H,16,17). The first-order chi connectivity index (χ1) is 8.15. The summed E-state index contributed by atoms with van der Waals surface area (Å²) >= 11 is 3.46. The van der Waals surface area contributed by atoms with Gasteiger partial charge in [0, 0.05) is 23.3 Å². The SMILES string of the molecule is Cc1cc(NCC2CCCC(N)C2)ncc1Br. The maximum atomic E-state index is 5.99. The fraction of sp³-hybridized carbons (Fsp3) is 0.615. The summed E-state index contributed by atoms with van der Waals surface area (Å²) in [6.45, 7) is 3.06. The maximum Gasteiger partial charge on any atom is 0.126 e. The molecule has 1 aliphatic rings. The van der Waals surface area contributed by atoms with Crippen LogP contribution in [0.4, 0.5) is 5.82 Å². The number of hydrogen-bond acceptors (Lipinski definition) is 3. The average molecular weight is 298 g/mol. The highest BCUT2D eigenvalue weighted by molar-refractivity contribution is 9.10. The van der Waals surface area contributed by atoms with Crippen LogP contribution in [0.25, 0.3) is 0 Å². The molecule has 2 atom stereocenters. The number of nitrogens with one attached hydrogen (secondary N) is 1. The predicted molar refractivity (Wildman–Crippen MR) is 75.1 cm³/mol. The van der Waals surface area contributed by atoms with Gasteiger partial charge in [-0.3, -0.25) is 0 Å². The lowest BCUT2D eigenvalue weighted by molar-refractivity contribution is 0.335. The third-order valence-corrected chi connectivity index (χ3v) is 4.27. The fourth-order valence-corrected chi connectivity index (χ4v) is 2.62. The summed E-state index contributed by atoms with van der Waals surface area (Å²) in [6, 6.07) is 2.47. The molecule has 1 fully saturated rings. The van der Waals surface area contributed by atoms with Crippen LogP contribution in [-0.4, -0.2) is 17.6 Å². The van der Waals surface area contributed by atoms with Crippen LogP contribution in [0.5, 0.6) is 0 Å². The quantitative estimate of drug-likeness (QED) is 0.901. The minimum Gasteiger partial charge on any atom is -0.370 e. The van der Waals surface area contributed by atoms with Gasteiger partial charge in [0.25, 0.3) is 0 Å². The molecule has 17 heavy (non-hydrogen) atoms. The van der Waals surface area contributed by atoms with E-state index in [9.17, 15) is 0 Å². The molecular weight excluding hydrogens is 278 g/mol. The van der Waals surface area contributed by atoms with Gasteiger partial charge in [-0.15, -0.1) is 0 Å². The van der Waals surface area contributed by atoms with Gasteiger partial charge in [-0.1, -0.05) is 6.42 Å². The highest BCUT2D eigenvalue weighted by Gasteiger charge is 2.18. The maximum absolute atomic E-state index is 5.99. The Bertz CT molecular complexity index is 381. The van der Waals surface area contributed by atoms with Crippen molar-refractivity contribution in [3.8, 4) is 0 Å². The van der Waals surface area contributed by atoms with Crippen molar-refractivity contribution >= 4 is 21.7 Å². The van der Waals surface area contributed by atoms with Gasteiger partial charge in [0.15, 0.2) is 0 Å². The second-order valence-electron chi connectivity index (χ2n) is 4.99. The van der Waals surface area contributed by atoms with Gasteiger partial charge < -0.3 is 11.1 Å². The van der Waals surface area contributed by atoms with Crippen LogP contribution in [-0.2, 0) is 0 Å². The van der Waals surface area contributed by atoms with E-state index in [1.807, 2.05) is 6.20 Å². The van der Waals surface area contributed by atoms with Crippen molar-refractivity contribution < 1.29 is 0 Å². The lowest BCUT2D eigenvalue weighted by Crippen LogP contribution is -2.31. The van der Waals surface area contributed by atoms with Crippen LogP contribution in [0.2, 0.25) is 0 Å². The van der Waals surface area contributed by atoms with E-state index in [2.05, 4.69) is 39.2 Å². The number of nitrogens with two attached hydrogens (primary N) is 1. The number of nitrogens with zero attached hydrogens (tertiary/aromatic N) is 1. The third kappa shape index (κ3) is 3.68. The number of aromatic nitrogens is 1. The highest BCUT2D eigenvalue weighted by atomic mass is 79.9. The molecular formula is C13H20BrN3. The van der Waals surface area contributed by atoms with Crippen molar-refractivity contribution in [2.45, 2.75) is 38.6 Å². The molecule has 0 bridgehead atoms. The van der Waals surface area contributed by atoms with E-state index in [4.69, 9.17) is 5.73 Å². The Morgan fingerprint density at radius 3 is 3.06 bits per heavy atom. The van der Waals surface area contributed by atoms with E-state index in [-0.39, 0.29) is 0 Å². The first kappa shape index (κ1) is 12.8. The van der Waals surface area contributed by atoms with Crippen molar-refractivity contribution in [1.82, 2.24) is 4.98 Å². The van der Waals surface area contributed by atoms with Gasteiger partial charge in [0.05, 0.1) is 0 Å². The van der Waals surface area contributed by atoms with Crippen LogP contribution in [0.3, 0.4) is 0 Å². The monoisotopic (exact) mass is 297 g/mol. The molecule has 2 rings (SSSR count). The van der Waals surface area contributed by atoms with Gasteiger partial charge in [0.1, 0.15) is 5.82 Å². The largest absolute Gasteiger partial charge is 0.370 e. The van der Waals surface area contributed by atoms with Crippen molar-refractivity contribution in [1.29, 1.82) is 0 Å². The summed E-state index contributed by atoms with van der Waals surface area (Å²) in [5.41, 5.74) is 7.20. The Labute approximate surface area is 111 Å². The molecule has 0 radical (unpaired) electrons. The normalized spacial score (nSPS) is 24.6. The molecule has 3 N–H and O–H groups in total. The molecule has 1 aromatic heterocycles. The second kappa shape index (κ2) is 5.83. The summed E-state index contributed by atoms with van der Waals surface area (Å²) in [7, 11) is 0. The zero-order valence-electron chi connectivity index (χ0n) is 10.2. The lowest BCUT2D eigenvalue weighted by atomic mass is 9.86. The van der Waals surface area contributed by atoms with E-state index >= 15 is 0 Å². The van der Waals surface area contributed by atoms with Crippen LogP contribution in [0.1, 0.15) is 31.2 Å². The topological polar surface area (TPSA) is 50.9 Å². The molecule has 4 heteroatoms. The molecule has 1 saturated carbocycles. The van der Waals surface area contributed by atoms with Crippen LogP contribution in [0.15, 0.2) is 16.7 Å². The first-order valence-corrected chi connectivity index (χ1v) is 7.06. The molecule has 2 unspecified atom stereocenters. The van der Waals surface area contributed by atoms with Crippen LogP contribution < -0.4 is 11.1 Å². The molecule has 3 nitrogen and oxygen atoms in total. The Kier molecular flexibility index (Phi) is 4.40. The van der Waals surface area contributed by atoms with E-state index < -0.39 is 0 Å². The molecule has 1 aromatic rings. The van der Waals surface area contributed by atoms with E-state index in [1.54, 1.807) is 0 Å². The number of anilines is 1. The minimum absolute atomic E-state index is 0.398. The summed E-state index contributed by atoms with van der Waals surface area (Å²) in [5.74, 6) is 1.66. The molecule has 0 saturated heterocycles. The molecule has 0 aromatic carbocycles. The summed E-state index contributed by atoms with van der Waals surface area (Å²) in [4.78, 5) is 4.35. The van der Waals surface area contributed by atoms with E-state index in [1.165, 1.54) is 24.8 Å². The first-order valence-electron chi connectivity index (χ1n) is 6.26. The summed E-state index contributed by atoms with van der Waals surface area (Å²) in [6.07, 6.45) is 6.73. The van der Waals surface area contributed by atoms with E-state index in [0.29, 0.717) is 12.0 Å². The predicted octanol–water partition coefficient (Wildman–Crippen LogP) is 3.08. The van der Waals surface area contributed by atoms with Gasteiger partial charge in [-0.05, 0) is 59.7 Å². The highest BCUT2D eigenvalue weighted by Crippen LogP contribution is 2.24. The fourth-order valence-electron chi connectivity index (χ4n) is 2.40. The third-order valence-electron chi connectivity index (χ3n) is 3.44. The minimum atomic E-state index is 0.398. The number of pyridine rings is 1. The molecule has 94 valence electrons. The van der Waals surface area contributed by atoms with Gasteiger partial charge in [-0.2, -0.15) is 0 Å². The molecule has 1 aliphatic carbocycles. The van der Waals surface area contributed by atoms with Gasteiger partial charge >= 0.3 is 0 Å². The average Bonchev–Trinajstić information content (AvgIpc) is 2.31. The Hall–Kier alpha value is -0.610. The van der Waals surface area contributed by atoms with Crippen molar-refractivity contribution in [2.24, 2.45) is 11.7 Å². The van der Waals surface area contributed by atoms with Crippen molar-refractivity contribution in [3.63, 3.8) is 0 Å². The van der Waals surface area contributed by atoms with Gasteiger partial charge in [-0.25, -0.2) is 4.98 Å². The zero-order valence-corrected chi connectivity index (χ0v) is 11.8. The van der Waals surface area contributed by atoms with Crippen LogP contribution in [0, 0.1) is 12.8 Å². The molecule has 0 amide bonds. The molecule has 1 heterocycles. The zero-order chi connectivity index (χ0) is 12.3. The van der Waals surface area contributed by atoms with Gasteiger partial charge in [0.2, 0.25) is 0 Å². The molecule has 0 aliphatic heterocycles. The van der Waals surface area contributed by atoms with Crippen molar-refractivity contribution in [2.75, 3.05) is 11.9 Å². The lowest BCUT2D eigenvalue weighted by Gasteiger charge is -2.26. The van der Waals surface area contributed by atoms with E-state index in [0.717, 1.165) is 23.3 Å². The van der Waals surface area contributed by atoms with Crippen molar-refractivity contribution in [3.05, 3.63) is 22.3 Å². The number of halogens is 1. The number of hydrogen-bond donors (Lipinski definition) is 2. The Morgan fingerprint density at radius 1 is 1.53 bits per heavy atom. The Balaban J connectivity index is 1.86. The number of rotatable bonds is 3.